The van der Waals surface area contributed by atoms with Gasteiger partial charge >= 0.3 is 0 Å². The molecule has 0 bridgehead atoms. The van der Waals surface area contributed by atoms with Crippen LogP contribution in [0.3, 0.4) is 0 Å². The lowest BCUT2D eigenvalue weighted by Crippen LogP contribution is -2.51. The minimum atomic E-state index is 0.585. The normalized spacial score (nSPS) is 15.6. The minimum absolute atomic E-state index is 0.585. The Hall–Kier alpha value is -2.12. The number of hydrogen-bond acceptors (Lipinski definition) is 5. The lowest BCUT2D eigenvalue weighted by molar-refractivity contribution is 0.133. The molecule has 1 aliphatic rings. The second kappa shape index (κ2) is 8.82. The highest BCUT2D eigenvalue weighted by Crippen LogP contribution is 2.19. The first-order chi connectivity index (χ1) is 12.3. The van der Waals surface area contributed by atoms with Crippen LogP contribution in [0.25, 0.3) is 0 Å². The maximum atomic E-state index is 6.22. The zero-order valence-corrected chi connectivity index (χ0v) is 15.4. The van der Waals surface area contributed by atoms with Crippen LogP contribution in [0.5, 0.6) is 0 Å². The fraction of sp³-hybridized carbons (Fsp3) is 0.444. The summed E-state index contributed by atoms with van der Waals surface area (Å²) in [5, 5.41) is 3.09. The van der Waals surface area contributed by atoms with E-state index in [9.17, 15) is 0 Å². The third kappa shape index (κ3) is 4.70. The monoisotopic (exact) mass is 359 g/mol. The summed E-state index contributed by atoms with van der Waals surface area (Å²) in [5.41, 5.74) is 8.57. The molecule has 6 nitrogen and oxygen atoms in total. The molecule has 1 aromatic carbocycles. The molecule has 0 radical (unpaired) electrons. The summed E-state index contributed by atoms with van der Waals surface area (Å²) in [6, 6.07) is 8.24. The topological polar surface area (TPSA) is 67.0 Å². The fourth-order valence-corrected chi connectivity index (χ4v) is 3.53. The van der Waals surface area contributed by atoms with Crippen molar-refractivity contribution >= 4 is 22.4 Å². The Morgan fingerprint density at radius 3 is 2.68 bits per heavy atom. The molecule has 1 saturated heterocycles. The molecular formula is C18H25N5OS. The number of thiazole rings is 1. The van der Waals surface area contributed by atoms with Gasteiger partial charge in [0.1, 0.15) is 0 Å². The van der Waals surface area contributed by atoms with E-state index in [1.54, 1.807) is 11.3 Å². The summed E-state index contributed by atoms with van der Waals surface area (Å²) >= 11 is 1.68. The van der Waals surface area contributed by atoms with Gasteiger partial charge in [0.15, 0.2) is 11.1 Å². The van der Waals surface area contributed by atoms with Crippen LogP contribution in [-0.4, -0.2) is 48.6 Å². The van der Waals surface area contributed by atoms with Crippen LogP contribution in [0.1, 0.15) is 18.1 Å². The highest BCUT2D eigenvalue weighted by molar-refractivity contribution is 7.13. The number of anilines is 1. The van der Waals surface area contributed by atoms with E-state index in [2.05, 4.69) is 31.9 Å². The Morgan fingerprint density at radius 1 is 1.24 bits per heavy atom. The van der Waals surface area contributed by atoms with Crippen LogP contribution in [0, 0.1) is 0 Å². The molecule has 134 valence electrons. The highest BCUT2D eigenvalue weighted by Gasteiger charge is 2.19. The zero-order chi connectivity index (χ0) is 17.5. The number of nitrogens with zero attached hydrogens (tertiary/aromatic N) is 4. The van der Waals surface area contributed by atoms with E-state index in [-0.39, 0.29) is 0 Å². The van der Waals surface area contributed by atoms with Crippen LogP contribution < -0.4 is 10.6 Å². The maximum Gasteiger partial charge on any atom is 0.191 e. The van der Waals surface area contributed by atoms with Gasteiger partial charge in [-0.25, -0.2) is 9.98 Å². The van der Waals surface area contributed by atoms with Crippen LogP contribution in [0.15, 0.2) is 40.8 Å². The fourth-order valence-electron chi connectivity index (χ4n) is 2.83. The number of rotatable bonds is 6. The molecule has 7 heteroatoms. The molecule has 2 aromatic rings. The van der Waals surface area contributed by atoms with Crippen molar-refractivity contribution in [3.05, 3.63) is 47.0 Å². The molecule has 0 atom stereocenters. The predicted molar refractivity (Wildman–Crippen MR) is 103 cm³/mol. The first-order valence-corrected chi connectivity index (χ1v) is 9.49. The minimum Gasteiger partial charge on any atom is -0.377 e. The summed E-state index contributed by atoms with van der Waals surface area (Å²) in [6.45, 7) is 7.50. The molecule has 0 spiro atoms. The number of piperazine rings is 1. The lowest BCUT2D eigenvalue weighted by atomic mass is 10.1. The van der Waals surface area contributed by atoms with E-state index in [1.165, 1.54) is 11.1 Å². The SMILES string of the molecule is CCOCc1ccccc1CN=C(N)N1CCN(c2nccs2)CC1. The van der Waals surface area contributed by atoms with Crippen molar-refractivity contribution in [3.63, 3.8) is 0 Å². The number of hydrogen-bond donors (Lipinski definition) is 1. The molecule has 1 aromatic heterocycles. The van der Waals surface area contributed by atoms with Gasteiger partial charge in [0, 0.05) is 44.4 Å². The van der Waals surface area contributed by atoms with Gasteiger partial charge in [0.05, 0.1) is 13.2 Å². The number of aromatic nitrogens is 1. The zero-order valence-electron chi connectivity index (χ0n) is 14.6. The standard InChI is InChI=1S/C18H25N5OS/c1-2-24-14-16-6-4-3-5-15(16)13-21-17(19)22-8-10-23(11-9-22)18-20-7-12-25-18/h3-7,12H,2,8-11,13-14H2,1H3,(H2,19,21). The highest BCUT2D eigenvalue weighted by atomic mass is 32.1. The van der Waals surface area contributed by atoms with Gasteiger partial charge < -0.3 is 20.3 Å². The summed E-state index contributed by atoms with van der Waals surface area (Å²) < 4.78 is 5.53. The molecule has 0 saturated carbocycles. The van der Waals surface area contributed by atoms with Gasteiger partial charge in [0.25, 0.3) is 0 Å². The second-order valence-corrected chi connectivity index (χ2v) is 6.74. The van der Waals surface area contributed by atoms with Crippen LogP contribution in [0.4, 0.5) is 5.13 Å². The summed E-state index contributed by atoms with van der Waals surface area (Å²) in [7, 11) is 0. The molecule has 2 heterocycles. The van der Waals surface area contributed by atoms with E-state index < -0.39 is 0 Å². The molecule has 0 unspecified atom stereocenters. The van der Waals surface area contributed by atoms with Gasteiger partial charge in [-0.1, -0.05) is 24.3 Å². The molecule has 25 heavy (non-hydrogen) atoms. The van der Waals surface area contributed by atoms with Gasteiger partial charge in [-0.15, -0.1) is 11.3 Å². The van der Waals surface area contributed by atoms with Crippen molar-refractivity contribution in [2.75, 3.05) is 37.7 Å². The Labute approximate surface area is 152 Å². The van der Waals surface area contributed by atoms with Gasteiger partial charge in [-0.05, 0) is 18.1 Å². The number of nitrogens with two attached hydrogens (primary N) is 1. The third-order valence-electron chi connectivity index (χ3n) is 4.28. The molecule has 1 fully saturated rings. The summed E-state index contributed by atoms with van der Waals surface area (Å²) in [6.07, 6.45) is 1.85. The Morgan fingerprint density at radius 2 is 2.00 bits per heavy atom. The van der Waals surface area contributed by atoms with Crippen LogP contribution >= 0.6 is 11.3 Å². The lowest BCUT2D eigenvalue weighted by Gasteiger charge is -2.35. The van der Waals surface area contributed by atoms with E-state index in [0.29, 0.717) is 25.7 Å². The molecular weight excluding hydrogens is 334 g/mol. The smallest absolute Gasteiger partial charge is 0.191 e. The quantitative estimate of drug-likeness (QED) is 0.633. The molecule has 0 amide bonds. The largest absolute Gasteiger partial charge is 0.377 e. The van der Waals surface area contributed by atoms with Gasteiger partial charge in [0.2, 0.25) is 0 Å². The van der Waals surface area contributed by atoms with Gasteiger partial charge in [-0.2, -0.15) is 0 Å². The first-order valence-electron chi connectivity index (χ1n) is 8.61. The second-order valence-electron chi connectivity index (χ2n) is 5.87. The van der Waals surface area contributed by atoms with Gasteiger partial charge in [-0.3, -0.25) is 0 Å². The van der Waals surface area contributed by atoms with Crippen LogP contribution in [-0.2, 0) is 17.9 Å². The van der Waals surface area contributed by atoms with Crippen molar-refractivity contribution in [1.82, 2.24) is 9.88 Å². The van der Waals surface area contributed by atoms with Crippen LogP contribution in [0.2, 0.25) is 0 Å². The molecule has 1 aliphatic heterocycles. The van der Waals surface area contributed by atoms with E-state index >= 15 is 0 Å². The van der Waals surface area contributed by atoms with Crippen molar-refractivity contribution in [2.24, 2.45) is 10.7 Å². The number of benzene rings is 1. The number of aliphatic imine (C=N–C) groups is 1. The average Bonchev–Trinajstić information content (AvgIpc) is 3.20. The van der Waals surface area contributed by atoms with E-state index in [1.807, 2.05) is 30.6 Å². The van der Waals surface area contributed by atoms with Crippen molar-refractivity contribution < 1.29 is 4.74 Å². The summed E-state index contributed by atoms with van der Waals surface area (Å²) in [4.78, 5) is 13.4. The Kier molecular flexibility index (Phi) is 6.25. The van der Waals surface area contributed by atoms with Crippen molar-refractivity contribution in [3.8, 4) is 0 Å². The number of guanidine groups is 1. The van der Waals surface area contributed by atoms with Crippen molar-refractivity contribution in [1.29, 1.82) is 0 Å². The average molecular weight is 359 g/mol. The summed E-state index contributed by atoms with van der Waals surface area (Å²) in [5.74, 6) is 0.616. The first kappa shape index (κ1) is 17.7. The third-order valence-corrected chi connectivity index (χ3v) is 5.12. The maximum absolute atomic E-state index is 6.22. The van der Waals surface area contributed by atoms with Crippen molar-refractivity contribution in [2.45, 2.75) is 20.1 Å². The Bertz CT molecular complexity index is 681. The molecule has 3 rings (SSSR count). The van der Waals surface area contributed by atoms with E-state index in [4.69, 9.17) is 10.5 Å². The Balaban J connectivity index is 1.56. The molecule has 0 aliphatic carbocycles. The predicted octanol–water partition coefficient (Wildman–Crippen LogP) is 2.32. The van der Waals surface area contributed by atoms with E-state index in [0.717, 1.165) is 31.3 Å². The molecule has 2 N–H and O–H groups in total. The number of ether oxygens (including phenoxy) is 1.